The van der Waals surface area contributed by atoms with Crippen LogP contribution in [0, 0.1) is 6.92 Å². The molecule has 0 aliphatic carbocycles. The van der Waals surface area contributed by atoms with Crippen molar-refractivity contribution in [1.82, 2.24) is 5.32 Å². The molecule has 0 unspecified atom stereocenters. The molecule has 1 aromatic heterocycles. The predicted molar refractivity (Wildman–Crippen MR) is 167 cm³/mol. The first-order chi connectivity index (χ1) is 19.0. The fourth-order valence-corrected chi connectivity index (χ4v) is 4.22. The van der Waals surface area contributed by atoms with Crippen LogP contribution in [0.15, 0.2) is 89.4 Å². The van der Waals surface area contributed by atoms with Crippen molar-refractivity contribution in [2.24, 2.45) is 0 Å². The summed E-state index contributed by atoms with van der Waals surface area (Å²) in [7, 11) is 0. The number of carbonyl (C=O) groups excluding carboxylic acids is 2. The van der Waals surface area contributed by atoms with Gasteiger partial charge in [0.15, 0.2) is 5.11 Å². The van der Waals surface area contributed by atoms with Crippen LogP contribution in [0.25, 0.3) is 17.4 Å². The lowest BCUT2D eigenvalue weighted by Gasteiger charge is -2.19. The summed E-state index contributed by atoms with van der Waals surface area (Å²) in [6.07, 6.45) is 2.89. The van der Waals surface area contributed by atoms with Crippen LogP contribution in [0.1, 0.15) is 48.0 Å². The van der Waals surface area contributed by atoms with Crippen LogP contribution >= 0.6 is 23.8 Å². The standard InChI is InChI=1S/C32H30ClN3O3S/c1-20-8-9-22(18-27(20)33)28-16-14-26(39-28)15-17-29(37)36-31(40)35-25-7-5-6-24(19-25)34-30(38)21-10-12-23(13-11-21)32(2,3)4/h5-19H,1-4H3,(H,34,38)(H2,35,36,37,40)/b17-15+. The van der Waals surface area contributed by atoms with E-state index in [1.807, 2.05) is 55.5 Å². The third-order valence-electron chi connectivity index (χ3n) is 6.11. The van der Waals surface area contributed by atoms with Crippen molar-refractivity contribution in [3.05, 3.63) is 112 Å². The average Bonchev–Trinajstić information content (AvgIpc) is 3.38. The summed E-state index contributed by atoms with van der Waals surface area (Å²) in [5, 5.41) is 9.23. The molecule has 3 N–H and O–H groups in total. The highest BCUT2D eigenvalue weighted by Gasteiger charge is 2.14. The molecule has 0 saturated heterocycles. The lowest BCUT2D eigenvalue weighted by molar-refractivity contribution is -0.115. The molecular weight excluding hydrogens is 542 g/mol. The van der Waals surface area contributed by atoms with Crippen molar-refractivity contribution in [2.45, 2.75) is 33.1 Å². The van der Waals surface area contributed by atoms with Gasteiger partial charge in [0.05, 0.1) is 0 Å². The smallest absolute Gasteiger partial charge is 0.255 e. The molecule has 40 heavy (non-hydrogen) atoms. The van der Waals surface area contributed by atoms with Crippen LogP contribution in [-0.2, 0) is 10.2 Å². The molecule has 6 nitrogen and oxygen atoms in total. The maximum absolute atomic E-state index is 12.7. The Kier molecular flexibility index (Phi) is 8.87. The van der Waals surface area contributed by atoms with E-state index in [0.717, 1.165) is 16.7 Å². The SMILES string of the molecule is Cc1ccc(-c2ccc(/C=C/C(=O)NC(=S)Nc3cccc(NC(=O)c4ccc(C(C)(C)C)cc4)c3)o2)cc1Cl. The molecule has 0 bridgehead atoms. The van der Waals surface area contributed by atoms with Crippen LogP contribution in [0.2, 0.25) is 5.02 Å². The van der Waals surface area contributed by atoms with Gasteiger partial charge in [0.1, 0.15) is 11.5 Å². The number of hydrogen-bond donors (Lipinski definition) is 3. The van der Waals surface area contributed by atoms with Crippen LogP contribution in [0.4, 0.5) is 11.4 Å². The third kappa shape index (κ3) is 7.68. The number of rotatable bonds is 6. The fourth-order valence-electron chi connectivity index (χ4n) is 3.82. The van der Waals surface area contributed by atoms with E-state index in [0.29, 0.717) is 33.5 Å². The molecule has 0 fully saturated rings. The maximum atomic E-state index is 12.7. The first-order valence-electron chi connectivity index (χ1n) is 12.7. The molecule has 4 rings (SSSR count). The molecule has 204 valence electrons. The number of halogens is 1. The Balaban J connectivity index is 1.31. The molecule has 4 aromatic rings. The Morgan fingerprint density at radius 1 is 0.900 bits per heavy atom. The number of carbonyl (C=O) groups is 2. The number of thiocarbonyl (C=S) groups is 1. The van der Waals surface area contributed by atoms with Gasteiger partial charge in [-0.25, -0.2) is 0 Å². The molecule has 0 aliphatic heterocycles. The number of benzene rings is 3. The number of nitrogens with one attached hydrogen (secondary N) is 3. The van der Waals surface area contributed by atoms with Gasteiger partial charge in [0.2, 0.25) is 5.91 Å². The van der Waals surface area contributed by atoms with E-state index in [-0.39, 0.29) is 16.4 Å². The van der Waals surface area contributed by atoms with E-state index in [4.69, 9.17) is 28.2 Å². The largest absolute Gasteiger partial charge is 0.457 e. The number of amides is 2. The van der Waals surface area contributed by atoms with Crippen LogP contribution < -0.4 is 16.0 Å². The maximum Gasteiger partial charge on any atom is 0.255 e. The van der Waals surface area contributed by atoms with Gasteiger partial charge in [0, 0.05) is 33.6 Å². The highest BCUT2D eigenvalue weighted by molar-refractivity contribution is 7.80. The zero-order valence-corrected chi connectivity index (χ0v) is 24.2. The van der Waals surface area contributed by atoms with Crippen molar-refractivity contribution in [1.29, 1.82) is 0 Å². The first-order valence-corrected chi connectivity index (χ1v) is 13.4. The summed E-state index contributed by atoms with van der Waals surface area (Å²) in [6, 6.07) is 23.9. The molecule has 0 saturated carbocycles. The van der Waals surface area contributed by atoms with Gasteiger partial charge in [-0.1, -0.05) is 62.7 Å². The number of aryl methyl sites for hydroxylation is 1. The highest BCUT2D eigenvalue weighted by Crippen LogP contribution is 2.27. The summed E-state index contributed by atoms with van der Waals surface area (Å²) in [4.78, 5) is 25.1. The van der Waals surface area contributed by atoms with Gasteiger partial charge in [0.25, 0.3) is 5.91 Å². The van der Waals surface area contributed by atoms with Crippen LogP contribution in [0.5, 0.6) is 0 Å². The Labute approximate surface area is 244 Å². The molecule has 1 heterocycles. The van der Waals surface area contributed by atoms with E-state index >= 15 is 0 Å². The second-order valence-electron chi connectivity index (χ2n) is 10.3. The number of furan rings is 1. The van der Waals surface area contributed by atoms with E-state index in [1.54, 1.807) is 36.4 Å². The minimum Gasteiger partial charge on any atom is -0.457 e. The molecule has 0 radical (unpaired) electrons. The summed E-state index contributed by atoms with van der Waals surface area (Å²) < 4.78 is 5.80. The average molecular weight is 572 g/mol. The van der Waals surface area contributed by atoms with Crippen molar-refractivity contribution < 1.29 is 14.0 Å². The van der Waals surface area contributed by atoms with Crippen LogP contribution in [-0.4, -0.2) is 16.9 Å². The third-order valence-corrected chi connectivity index (χ3v) is 6.72. The second-order valence-corrected chi connectivity index (χ2v) is 11.1. The van der Waals surface area contributed by atoms with Crippen molar-refractivity contribution >= 4 is 58.2 Å². The van der Waals surface area contributed by atoms with Gasteiger partial charge >= 0.3 is 0 Å². The lowest BCUT2D eigenvalue weighted by atomic mass is 9.87. The van der Waals surface area contributed by atoms with Crippen molar-refractivity contribution in [2.75, 3.05) is 10.6 Å². The molecule has 0 aliphatic rings. The van der Waals surface area contributed by atoms with Gasteiger partial charge in [-0.05, 0) is 90.3 Å². The Hall–Kier alpha value is -4.20. The van der Waals surface area contributed by atoms with E-state index in [2.05, 4.69) is 36.7 Å². The van der Waals surface area contributed by atoms with Crippen molar-refractivity contribution in [3.8, 4) is 11.3 Å². The Morgan fingerprint density at radius 3 is 2.27 bits per heavy atom. The number of anilines is 2. The van der Waals surface area contributed by atoms with Gasteiger partial charge in [-0.3, -0.25) is 14.9 Å². The molecular formula is C32H30ClN3O3S. The lowest BCUT2D eigenvalue weighted by Crippen LogP contribution is -2.32. The molecule has 3 aromatic carbocycles. The molecule has 8 heteroatoms. The van der Waals surface area contributed by atoms with Gasteiger partial charge in [-0.2, -0.15) is 0 Å². The molecule has 0 spiro atoms. The predicted octanol–water partition coefficient (Wildman–Crippen LogP) is 7.98. The Morgan fingerprint density at radius 2 is 1.60 bits per heavy atom. The normalized spacial score (nSPS) is 11.3. The zero-order valence-electron chi connectivity index (χ0n) is 22.7. The topological polar surface area (TPSA) is 83.4 Å². The van der Waals surface area contributed by atoms with E-state index in [1.165, 1.54) is 6.08 Å². The van der Waals surface area contributed by atoms with Gasteiger partial charge < -0.3 is 15.1 Å². The Bertz CT molecular complexity index is 1580. The first kappa shape index (κ1) is 28.8. The van der Waals surface area contributed by atoms with Crippen LogP contribution in [0.3, 0.4) is 0 Å². The second kappa shape index (κ2) is 12.3. The zero-order chi connectivity index (χ0) is 28.9. The van der Waals surface area contributed by atoms with E-state index < -0.39 is 5.91 Å². The molecule has 2 amide bonds. The minimum atomic E-state index is -0.419. The summed E-state index contributed by atoms with van der Waals surface area (Å²) >= 11 is 11.5. The minimum absolute atomic E-state index is 0.0118. The quantitative estimate of drug-likeness (QED) is 0.161. The number of hydrogen-bond acceptors (Lipinski definition) is 4. The summed E-state index contributed by atoms with van der Waals surface area (Å²) in [5.74, 6) is 0.521. The summed E-state index contributed by atoms with van der Waals surface area (Å²) in [5.41, 5.74) is 4.76. The molecule has 0 atom stereocenters. The van der Waals surface area contributed by atoms with Crippen molar-refractivity contribution in [3.63, 3.8) is 0 Å². The highest BCUT2D eigenvalue weighted by atomic mass is 35.5. The summed E-state index contributed by atoms with van der Waals surface area (Å²) in [6.45, 7) is 8.31. The van der Waals surface area contributed by atoms with E-state index in [9.17, 15) is 9.59 Å². The fraction of sp³-hybridized carbons (Fsp3) is 0.156. The monoisotopic (exact) mass is 571 g/mol. The van der Waals surface area contributed by atoms with Gasteiger partial charge in [-0.15, -0.1) is 0 Å².